The minimum absolute atomic E-state index is 0.0127. The van der Waals surface area contributed by atoms with Crippen LogP contribution in [0.2, 0.25) is 0 Å². The second-order valence-corrected chi connectivity index (χ2v) is 5.62. The van der Waals surface area contributed by atoms with Crippen molar-refractivity contribution in [2.24, 2.45) is 0 Å². The van der Waals surface area contributed by atoms with Gasteiger partial charge in [0.05, 0.1) is 5.56 Å². The first-order valence-corrected chi connectivity index (χ1v) is 7.41. The summed E-state index contributed by atoms with van der Waals surface area (Å²) in [6.45, 7) is 1.50. The number of likely N-dealkylation sites (tertiary alicyclic amines) is 1. The lowest BCUT2D eigenvalue weighted by molar-refractivity contribution is -0.290. The number of alkyl halides is 5. The maximum absolute atomic E-state index is 13.8. The van der Waals surface area contributed by atoms with E-state index in [0.717, 1.165) is 12.1 Å². The number of anilines is 1. The molecular weight excluding hydrogens is 351 g/mol. The number of esters is 1. The molecule has 0 saturated carbocycles. The lowest BCUT2D eigenvalue weighted by Crippen LogP contribution is -2.38. The Labute approximate surface area is 140 Å². The Kier molecular flexibility index (Phi) is 5.40. The number of benzene rings is 1. The Morgan fingerprint density at radius 3 is 2.60 bits per heavy atom. The van der Waals surface area contributed by atoms with Crippen LogP contribution in [0.5, 0.6) is 5.75 Å². The summed E-state index contributed by atoms with van der Waals surface area (Å²) < 4.78 is 75.8. The molecule has 1 aliphatic heterocycles. The number of nitrogens with zero attached hydrogens (tertiary/aromatic N) is 1. The molecule has 1 fully saturated rings. The first-order valence-electron chi connectivity index (χ1n) is 7.41. The number of rotatable bonds is 5. The summed E-state index contributed by atoms with van der Waals surface area (Å²) in [4.78, 5) is 12.4. The van der Waals surface area contributed by atoms with Crippen molar-refractivity contribution >= 4 is 11.7 Å². The number of carbonyl (C=O) groups excluding carboxylic acids is 1. The van der Waals surface area contributed by atoms with Crippen molar-refractivity contribution in [1.82, 2.24) is 4.90 Å². The van der Waals surface area contributed by atoms with E-state index in [1.54, 1.807) is 0 Å². The van der Waals surface area contributed by atoms with Crippen LogP contribution in [0, 0.1) is 0 Å². The van der Waals surface area contributed by atoms with Gasteiger partial charge in [-0.2, -0.15) is 22.0 Å². The van der Waals surface area contributed by atoms with Gasteiger partial charge in [-0.15, -0.1) is 0 Å². The van der Waals surface area contributed by atoms with Crippen LogP contribution in [-0.4, -0.2) is 36.5 Å². The minimum atomic E-state index is -5.77. The fraction of sp³-hybridized carbons (Fsp3) is 0.533. The second kappa shape index (κ2) is 7.03. The molecule has 1 atom stereocenters. The van der Waals surface area contributed by atoms with Crippen LogP contribution in [0.1, 0.15) is 25.3 Å². The van der Waals surface area contributed by atoms with Crippen molar-refractivity contribution in [3.63, 3.8) is 0 Å². The van der Waals surface area contributed by atoms with Crippen molar-refractivity contribution in [3.8, 4) is 5.75 Å². The highest BCUT2D eigenvalue weighted by Gasteiger charge is 2.60. The highest BCUT2D eigenvalue weighted by molar-refractivity contribution is 5.65. The van der Waals surface area contributed by atoms with Gasteiger partial charge in [-0.05, 0) is 25.0 Å². The van der Waals surface area contributed by atoms with Crippen LogP contribution in [0.15, 0.2) is 18.2 Å². The molecule has 140 valence electrons. The monoisotopic (exact) mass is 368 g/mol. The molecule has 2 N–H and O–H groups in total. The first-order chi connectivity index (χ1) is 11.5. The average Bonchev–Trinajstić information content (AvgIpc) is 2.91. The van der Waals surface area contributed by atoms with Crippen molar-refractivity contribution < 1.29 is 36.2 Å². The smallest absolute Gasteiger partial charge is 0.458 e. The molecule has 1 aromatic carbocycles. The Bertz CT molecular complexity index is 636. The quantitative estimate of drug-likeness (QED) is 0.491. The lowest BCUT2D eigenvalue weighted by atomic mass is 10.1. The Morgan fingerprint density at radius 2 is 2.00 bits per heavy atom. The fourth-order valence-corrected chi connectivity index (χ4v) is 2.45. The van der Waals surface area contributed by atoms with E-state index in [2.05, 4.69) is 0 Å². The third-order valence-corrected chi connectivity index (χ3v) is 3.70. The number of halogens is 5. The third kappa shape index (κ3) is 4.30. The summed E-state index contributed by atoms with van der Waals surface area (Å²) in [6, 6.07) is 2.48. The van der Waals surface area contributed by atoms with E-state index in [1.807, 2.05) is 0 Å². The predicted molar refractivity (Wildman–Crippen MR) is 77.8 cm³/mol. The summed E-state index contributed by atoms with van der Waals surface area (Å²) in [5.41, 5.74) is 4.17. The molecule has 10 heteroatoms. The van der Waals surface area contributed by atoms with Crippen LogP contribution < -0.4 is 10.5 Å². The molecular formula is C15H17F5N2O3. The molecule has 5 nitrogen and oxygen atoms in total. The van der Waals surface area contributed by atoms with Gasteiger partial charge < -0.3 is 15.2 Å². The van der Waals surface area contributed by atoms with Crippen molar-refractivity contribution in [2.75, 3.05) is 19.0 Å². The van der Waals surface area contributed by atoms with E-state index in [9.17, 15) is 26.7 Å². The fourth-order valence-electron chi connectivity index (χ4n) is 2.45. The average molecular weight is 368 g/mol. The zero-order valence-corrected chi connectivity index (χ0v) is 13.3. The molecule has 0 aromatic heterocycles. The maximum Gasteiger partial charge on any atom is 0.458 e. The van der Waals surface area contributed by atoms with E-state index in [1.165, 1.54) is 11.8 Å². The Morgan fingerprint density at radius 1 is 1.32 bits per heavy atom. The van der Waals surface area contributed by atoms with Gasteiger partial charge in [-0.25, -0.2) is 4.90 Å². The van der Waals surface area contributed by atoms with Gasteiger partial charge in [0.2, 0.25) is 0 Å². The molecule has 0 aliphatic carbocycles. The molecule has 1 saturated heterocycles. The van der Waals surface area contributed by atoms with E-state index < -0.39 is 35.6 Å². The first kappa shape index (κ1) is 19.2. The normalized spacial score (nSPS) is 19.0. The Balaban J connectivity index is 2.27. The maximum atomic E-state index is 13.8. The van der Waals surface area contributed by atoms with Gasteiger partial charge in [-0.3, -0.25) is 4.79 Å². The SMILES string of the molecule is CC(=O)OCN1CCC[C@H]1Oc1cc(N)ccc1C(F)(F)C(F)(F)F. The summed E-state index contributed by atoms with van der Waals surface area (Å²) in [7, 11) is 0. The highest BCUT2D eigenvalue weighted by atomic mass is 19.4. The molecule has 0 spiro atoms. The number of hydrogen-bond donors (Lipinski definition) is 1. The molecule has 2 rings (SSSR count). The van der Waals surface area contributed by atoms with E-state index in [4.69, 9.17) is 15.2 Å². The zero-order valence-electron chi connectivity index (χ0n) is 13.3. The number of nitrogen functional groups attached to an aromatic ring is 1. The minimum Gasteiger partial charge on any atom is -0.474 e. The Hall–Kier alpha value is -2.10. The van der Waals surface area contributed by atoms with Crippen molar-refractivity contribution in [3.05, 3.63) is 23.8 Å². The van der Waals surface area contributed by atoms with Crippen LogP contribution in [0.4, 0.5) is 27.6 Å². The van der Waals surface area contributed by atoms with E-state index in [0.29, 0.717) is 25.5 Å². The van der Waals surface area contributed by atoms with Crippen LogP contribution in [0.25, 0.3) is 0 Å². The van der Waals surface area contributed by atoms with Gasteiger partial charge in [0.15, 0.2) is 6.23 Å². The third-order valence-electron chi connectivity index (χ3n) is 3.70. The zero-order chi connectivity index (χ0) is 18.8. The van der Waals surface area contributed by atoms with Crippen molar-refractivity contribution in [1.29, 1.82) is 0 Å². The van der Waals surface area contributed by atoms with E-state index >= 15 is 0 Å². The molecule has 0 amide bonds. The van der Waals surface area contributed by atoms with E-state index in [-0.39, 0.29) is 12.4 Å². The summed E-state index contributed by atoms with van der Waals surface area (Å²) in [5, 5.41) is 0. The molecule has 1 aliphatic rings. The molecule has 1 aromatic rings. The van der Waals surface area contributed by atoms with Gasteiger partial charge in [0, 0.05) is 25.2 Å². The summed E-state index contributed by atoms with van der Waals surface area (Å²) in [5.74, 6) is -6.28. The van der Waals surface area contributed by atoms with Gasteiger partial charge in [0.1, 0.15) is 12.5 Å². The summed E-state index contributed by atoms with van der Waals surface area (Å²) in [6.07, 6.45) is -5.58. The molecule has 1 heterocycles. The number of carbonyl (C=O) groups is 1. The standard InChI is InChI=1S/C15H17F5N2O3/c1-9(23)24-8-22-6-2-3-13(22)25-12-7-10(21)4-5-11(12)14(16,17)15(18,19)20/h4-5,7,13H,2-3,6,8,21H2,1H3/t13-/m1/s1. The second-order valence-electron chi connectivity index (χ2n) is 5.62. The molecule has 0 bridgehead atoms. The predicted octanol–water partition coefficient (Wildman–Crippen LogP) is 3.24. The molecule has 0 unspecified atom stereocenters. The molecule has 0 radical (unpaired) electrons. The highest BCUT2D eigenvalue weighted by Crippen LogP contribution is 2.47. The van der Waals surface area contributed by atoms with Gasteiger partial charge >= 0.3 is 18.1 Å². The number of hydrogen-bond acceptors (Lipinski definition) is 5. The number of ether oxygens (including phenoxy) is 2. The summed E-state index contributed by atoms with van der Waals surface area (Å²) >= 11 is 0. The van der Waals surface area contributed by atoms with Crippen LogP contribution in [0.3, 0.4) is 0 Å². The molecule has 25 heavy (non-hydrogen) atoms. The van der Waals surface area contributed by atoms with Crippen LogP contribution in [-0.2, 0) is 15.5 Å². The van der Waals surface area contributed by atoms with Crippen LogP contribution >= 0.6 is 0 Å². The van der Waals surface area contributed by atoms with Gasteiger partial charge in [-0.1, -0.05) is 0 Å². The van der Waals surface area contributed by atoms with Gasteiger partial charge in [0.25, 0.3) is 0 Å². The number of nitrogens with two attached hydrogens (primary N) is 1. The van der Waals surface area contributed by atoms with Crippen molar-refractivity contribution in [2.45, 2.75) is 38.1 Å². The topological polar surface area (TPSA) is 64.8 Å². The lowest BCUT2D eigenvalue weighted by Gasteiger charge is -2.28. The largest absolute Gasteiger partial charge is 0.474 e.